The fourth-order valence-corrected chi connectivity index (χ4v) is 1.87. The van der Waals surface area contributed by atoms with E-state index < -0.39 is 12.0 Å². The number of nitrogens with zero attached hydrogens (tertiary/aromatic N) is 1. The Kier molecular flexibility index (Phi) is 4.38. The van der Waals surface area contributed by atoms with E-state index in [0.717, 1.165) is 6.42 Å². The van der Waals surface area contributed by atoms with Crippen molar-refractivity contribution in [1.29, 1.82) is 0 Å². The second-order valence-corrected chi connectivity index (χ2v) is 5.68. The zero-order valence-electron chi connectivity index (χ0n) is 11.5. The number of amides is 2. The Hall–Kier alpha value is -1.52. The molecule has 1 rings (SSSR count). The quantitative estimate of drug-likeness (QED) is 0.739. The molecule has 0 unspecified atom stereocenters. The molecular formula is C13H22N2O3. The van der Waals surface area contributed by atoms with E-state index in [1.165, 1.54) is 12.5 Å². The highest BCUT2D eigenvalue weighted by atomic mass is 16.4. The van der Waals surface area contributed by atoms with E-state index in [1.54, 1.807) is 4.90 Å². The first-order valence-corrected chi connectivity index (χ1v) is 6.19. The molecule has 5 heteroatoms. The van der Waals surface area contributed by atoms with E-state index in [2.05, 4.69) is 32.2 Å². The number of carboxylic acids is 1. The third-order valence-electron chi connectivity index (χ3n) is 3.17. The molecular weight excluding hydrogens is 232 g/mol. The number of nitrogens with one attached hydrogen (secondary N) is 1. The first kappa shape index (κ1) is 14.5. The van der Waals surface area contributed by atoms with Gasteiger partial charge in [0.15, 0.2) is 0 Å². The molecule has 0 bridgehead atoms. The summed E-state index contributed by atoms with van der Waals surface area (Å²) < 4.78 is 0. The standard InChI is InChI=1S/C13H22N2O3/c1-9(11(16)17)14-12(18)15-7-5-10(6-8-15)13(2,3)4/h5,9H,6-8H2,1-4H3,(H,14,18)(H,16,17)/t9-/m1/s1. The number of carboxylic acid groups (broad SMARTS) is 1. The molecule has 0 aliphatic carbocycles. The monoisotopic (exact) mass is 254 g/mol. The molecule has 0 radical (unpaired) electrons. The summed E-state index contributed by atoms with van der Waals surface area (Å²) >= 11 is 0. The van der Waals surface area contributed by atoms with Crippen molar-refractivity contribution in [3.8, 4) is 0 Å². The van der Waals surface area contributed by atoms with Gasteiger partial charge in [-0.25, -0.2) is 4.79 Å². The van der Waals surface area contributed by atoms with Crippen molar-refractivity contribution >= 4 is 12.0 Å². The summed E-state index contributed by atoms with van der Waals surface area (Å²) in [4.78, 5) is 24.1. The largest absolute Gasteiger partial charge is 0.480 e. The molecule has 1 aliphatic rings. The molecule has 0 aromatic heterocycles. The SMILES string of the molecule is C[C@@H](NC(=O)N1CC=C(C(C)(C)C)CC1)C(=O)O. The van der Waals surface area contributed by atoms with Gasteiger partial charge in [-0.3, -0.25) is 4.79 Å². The number of hydrogen-bond donors (Lipinski definition) is 2. The molecule has 0 saturated heterocycles. The Balaban J connectivity index is 2.55. The molecule has 102 valence electrons. The Morgan fingerprint density at radius 2 is 2.06 bits per heavy atom. The average Bonchev–Trinajstić information content (AvgIpc) is 2.27. The Labute approximate surface area is 108 Å². The van der Waals surface area contributed by atoms with Crippen LogP contribution >= 0.6 is 0 Å². The van der Waals surface area contributed by atoms with Crippen LogP contribution in [0.2, 0.25) is 0 Å². The summed E-state index contributed by atoms with van der Waals surface area (Å²) in [5.74, 6) is -1.02. The number of carbonyl (C=O) groups is 2. The maximum atomic E-state index is 11.8. The van der Waals surface area contributed by atoms with E-state index in [0.29, 0.717) is 13.1 Å². The number of hydrogen-bond acceptors (Lipinski definition) is 2. The lowest BCUT2D eigenvalue weighted by molar-refractivity contribution is -0.138. The molecule has 0 spiro atoms. The molecule has 1 heterocycles. The van der Waals surface area contributed by atoms with Gasteiger partial charge in [0.1, 0.15) is 6.04 Å². The highest BCUT2D eigenvalue weighted by molar-refractivity contribution is 5.82. The van der Waals surface area contributed by atoms with Gasteiger partial charge in [-0.05, 0) is 18.8 Å². The van der Waals surface area contributed by atoms with Crippen LogP contribution in [-0.4, -0.2) is 41.1 Å². The van der Waals surface area contributed by atoms with E-state index in [9.17, 15) is 9.59 Å². The fourth-order valence-electron chi connectivity index (χ4n) is 1.87. The summed E-state index contributed by atoms with van der Waals surface area (Å²) in [7, 11) is 0. The molecule has 18 heavy (non-hydrogen) atoms. The summed E-state index contributed by atoms with van der Waals surface area (Å²) in [5, 5.41) is 11.2. The van der Waals surface area contributed by atoms with E-state index >= 15 is 0 Å². The van der Waals surface area contributed by atoms with Crippen LogP contribution in [0.4, 0.5) is 4.79 Å². The molecule has 0 fully saturated rings. The molecule has 0 aromatic carbocycles. The molecule has 0 saturated carbocycles. The van der Waals surface area contributed by atoms with Crippen molar-refractivity contribution in [1.82, 2.24) is 10.2 Å². The zero-order valence-corrected chi connectivity index (χ0v) is 11.5. The van der Waals surface area contributed by atoms with Crippen molar-refractivity contribution in [3.63, 3.8) is 0 Å². The smallest absolute Gasteiger partial charge is 0.325 e. The maximum Gasteiger partial charge on any atom is 0.325 e. The van der Waals surface area contributed by atoms with Crippen molar-refractivity contribution in [2.75, 3.05) is 13.1 Å². The number of carbonyl (C=O) groups excluding carboxylic acids is 1. The number of aliphatic carboxylic acids is 1. The van der Waals surface area contributed by atoms with E-state index in [4.69, 9.17) is 5.11 Å². The maximum absolute atomic E-state index is 11.8. The third-order valence-corrected chi connectivity index (χ3v) is 3.17. The van der Waals surface area contributed by atoms with Gasteiger partial charge in [0, 0.05) is 13.1 Å². The van der Waals surface area contributed by atoms with Gasteiger partial charge >= 0.3 is 12.0 Å². The van der Waals surface area contributed by atoms with Crippen LogP contribution in [0.25, 0.3) is 0 Å². The van der Waals surface area contributed by atoms with Gasteiger partial charge in [-0.15, -0.1) is 0 Å². The normalized spacial score (nSPS) is 18.0. The molecule has 2 N–H and O–H groups in total. The predicted octanol–water partition coefficient (Wildman–Crippen LogP) is 1.85. The molecule has 2 amide bonds. The van der Waals surface area contributed by atoms with Crippen molar-refractivity contribution < 1.29 is 14.7 Å². The highest BCUT2D eigenvalue weighted by Gasteiger charge is 2.25. The average molecular weight is 254 g/mol. The third kappa shape index (κ3) is 3.75. The van der Waals surface area contributed by atoms with Crippen LogP contribution in [0.15, 0.2) is 11.6 Å². The lowest BCUT2D eigenvalue weighted by atomic mass is 9.83. The second kappa shape index (κ2) is 5.42. The van der Waals surface area contributed by atoms with Crippen LogP contribution in [-0.2, 0) is 4.79 Å². The molecule has 1 aliphatic heterocycles. The van der Waals surface area contributed by atoms with Crippen LogP contribution in [0.5, 0.6) is 0 Å². The van der Waals surface area contributed by atoms with Gasteiger partial charge in [0.2, 0.25) is 0 Å². The summed E-state index contributed by atoms with van der Waals surface area (Å²) in [6.45, 7) is 9.11. The van der Waals surface area contributed by atoms with Gasteiger partial charge in [-0.1, -0.05) is 32.4 Å². The van der Waals surface area contributed by atoms with Crippen LogP contribution < -0.4 is 5.32 Å². The molecule has 0 aromatic rings. The minimum Gasteiger partial charge on any atom is -0.480 e. The van der Waals surface area contributed by atoms with Gasteiger partial charge < -0.3 is 15.3 Å². The fraction of sp³-hybridized carbons (Fsp3) is 0.692. The summed E-state index contributed by atoms with van der Waals surface area (Å²) in [6.07, 6.45) is 2.91. The lowest BCUT2D eigenvalue weighted by Gasteiger charge is -2.32. The minimum atomic E-state index is -1.02. The van der Waals surface area contributed by atoms with Crippen LogP contribution in [0.1, 0.15) is 34.1 Å². The summed E-state index contributed by atoms with van der Waals surface area (Å²) in [5.41, 5.74) is 1.48. The zero-order chi connectivity index (χ0) is 13.9. The van der Waals surface area contributed by atoms with Crippen molar-refractivity contribution in [3.05, 3.63) is 11.6 Å². The van der Waals surface area contributed by atoms with Crippen LogP contribution in [0.3, 0.4) is 0 Å². The Bertz CT molecular complexity index is 369. The van der Waals surface area contributed by atoms with Crippen molar-refractivity contribution in [2.24, 2.45) is 5.41 Å². The number of urea groups is 1. The van der Waals surface area contributed by atoms with Crippen LogP contribution in [0, 0.1) is 5.41 Å². The number of rotatable bonds is 2. The van der Waals surface area contributed by atoms with Gasteiger partial charge in [-0.2, -0.15) is 0 Å². The van der Waals surface area contributed by atoms with Gasteiger partial charge in [0.05, 0.1) is 0 Å². The van der Waals surface area contributed by atoms with Gasteiger partial charge in [0.25, 0.3) is 0 Å². The first-order valence-electron chi connectivity index (χ1n) is 6.19. The van der Waals surface area contributed by atoms with E-state index in [1.807, 2.05) is 0 Å². The Morgan fingerprint density at radius 3 is 2.44 bits per heavy atom. The predicted molar refractivity (Wildman–Crippen MR) is 69.4 cm³/mol. The van der Waals surface area contributed by atoms with Crippen molar-refractivity contribution in [2.45, 2.75) is 40.2 Å². The highest BCUT2D eigenvalue weighted by Crippen LogP contribution is 2.29. The summed E-state index contributed by atoms with van der Waals surface area (Å²) in [6, 6.07) is -1.17. The minimum absolute atomic E-state index is 0.136. The topological polar surface area (TPSA) is 69.6 Å². The Morgan fingerprint density at radius 1 is 1.44 bits per heavy atom. The molecule has 5 nitrogen and oxygen atoms in total. The van der Waals surface area contributed by atoms with E-state index in [-0.39, 0.29) is 11.4 Å². The lowest BCUT2D eigenvalue weighted by Crippen LogP contribution is -2.48. The molecule has 1 atom stereocenters. The second-order valence-electron chi connectivity index (χ2n) is 5.68. The first-order chi connectivity index (χ1) is 8.21.